The highest BCUT2D eigenvalue weighted by molar-refractivity contribution is 6.06. The molecule has 0 radical (unpaired) electrons. The highest BCUT2D eigenvalue weighted by Crippen LogP contribution is 2.40. The number of carbonyl (C=O) groups excluding carboxylic acids is 1. The molecule has 0 bridgehead atoms. The predicted molar refractivity (Wildman–Crippen MR) is 160 cm³/mol. The number of benzene rings is 4. The molecule has 1 aliphatic heterocycles. The van der Waals surface area contributed by atoms with Gasteiger partial charge in [-0.25, -0.2) is 4.98 Å². The summed E-state index contributed by atoms with van der Waals surface area (Å²) >= 11 is 0. The summed E-state index contributed by atoms with van der Waals surface area (Å²) in [6, 6.07) is 32.5. The zero-order valence-electron chi connectivity index (χ0n) is 22.6. The van der Waals surface area contributed by atoms with Gasteiger partial charge in [-0.05, 0) is 74.4 Å². The van der Waals surface area contributed by atoms with Gasteiger partial charge in [0.05, 0.1) is 22.6 Å². The predicted octanol–water partition coefficient (Wildman–Crippen LogP) is 7.35. The first-order chi connectivity index (χ1) is 18.9. The van der Waals surface area contributed by atoms with Crippen LogP contribution in [0, 0.1) is 13.8 Å². The number of para-hydroxylation sites is 3. The molecule has 1 aliphatic rings. The molecule has 0 unspecified atom stereocenters. The molecule has 1 amide bonds. The van der Waals surface area contributed by atoms with Crippen molar-refractivity contribution in [1.29, 1.82) is 0 Å². The topological polar surface area (TPSA) is 62.2 Å². The molecule has 5 aromatic rings. The van der Waals surface area contributed by atoms with Crippen molar-refractivity contribution in [3.05, 3.63) is 125 Å². The number of rotatable bonds is 5. The first kappa shape index (κ1) is 24.5. The lowest BCUT2D eigenvalue weighted by Gasteiger charge is -2.31. The van der Waals surface area contributed by atoms with Gasteiger partial charge >= 0.3 is 0 Å². The van der Waals surface area contributed by atoms with Crippen LogP contribution in [0.1, 0.15) is 29.7 Å². The van der Waals surface area contributed by atoms with E-state index in [0.29, 0.717) is 5.57 Å². The fourth-order valence-corrected chi connectivity index (χ4v) is 5.40. The molecule has 0 saturated carbocycles. The molecule has 194 valence electrons. The number of anilines is 4. The molecule has 39 heavy (non-hydrogen) atoms. The molecule has 4 aromatic carbocycles. The minimum Gasteiger partial charge on any atom is -0.345 e. The second-order valence-corrected chi connectivity index (χ2v) is 10.1. The van der Waals surface area contributed by atoms with Crippen molar-refractivity contribution in [2.24, 2.45) is 0 Å². The third-order valence-corrected chi connectivity index (χ3v) is 7.45. The fourth-order valence-electron chi connectivity index (χ4n) is 5.40. The number of aryl methyl sites for hydroxylation is 2. The van der Waals surface area contributed by atoms with Crippen molar-refractivity contribution in [3.8, 4) is 0 Å². The smallest absolute Gasteiger partial charge is 0.255 e. The Morgan fingerprint density at radius 1 is 0.872 bits per heavy atom. The Bertz CT molecular complexity index is 1720. The summed E-state index contributed by atoms with van der Waals surface area (Å²) in [6.45, 7) is 6.02. The Morgan fingerprint density at radius 2 is 1.56 bits per heavy atom. The van der Waals surface area contributed by atoms with Crippen molar-refractivity contribution in [2.75, 3.05) is 22.6 Å². The van der Waals surface area contributed by atoms with Crippen LogP contribution in [-0.2, 0) is 4.79 Å². The first-order valence-corrected chi connectivity index (χ1v) is 13.1. The van der Waals surface area contributed by atoms with Gasteiger partial charge in [-0.15, -0.1) is 0 Å². The van der Waals surface area contributed by atoms with Crippen molar-refractivity contribution >= 4 is 40.0 Å². The quantitative estimate of drug-likeness (QED) is 0.258. The van der Waals surface area contributed by atoms with Crippen LogP contribution in [-0.4, -0.2) is 22.5 Å². The fraction of sp³-hybridized carbons (Fsp3) is 0.152. The van der Waals surface area contributed by atoms with E-state index < -0.39 is 0 Å². The van der Waals surface area contributed by atoms with Crippen LogP contribution in [0.5, 0.6) is 0 Å². The van der Waals surface area contributed by atoms with Crippen molar-refractivity contribution in [3.63, 3.8) is 0 Å². The lowest BCUT2D eigenvalue weighted by atomic mass is 9.93. The lowest BCUT2D eigenvalue weighted by molar-refractivity contribution is -0.113. The first-order valence-electron chi connectivity index (χ1n) is 13.1. The normalized spacial score (nSPS) is 14.6. The van der Waals surface area contributed by atoms with Gasteiger partial charge in [0.1, 0.15) is 0 Å². The van der Waals surface area contributed by atoms with Gasteiger partial charge < -0.3 is 15.5 Å². The molecular weight excluding hydrogens is 482 g/mol. The van der Waals surface area contributed by atoms with Gasteiger partial charge in [-0.2, -0.15) is 0 Å². The SMILES string of the molecule is CC1=C(C(=O)Nc2ccc(C)cc2C)[C@H](c2ccc(N(C)c3ccccc3)cc2)n2c(nc3ccccc32)N1. The van der Waals surface area contributed by atoms with Crippen LogP contribution in [0.2, 0.25) is 0 Å². The zero-order chi connectivity index (χ0) is 27.1. The molecule has 0 aliphatic carbocycles. The monoisotopic (exact) mass is 513 g/mol. The number of imidazole rings is 1. The van der Waals surface area contributed by atoms with Crippen molar-refractivity contribution in [1.82, 2.24) is 9.55 Å². The largest absolute Gasteiger partial charge is 0.345 e. The molecule has 1 atom stereocenters. The number of nitrogens with zero attached hydrogens (tertiary/aromatic N) is 3. The molecule has 6 nitrogen and oxygen atoms in total. The van der Waals surface area contributed by atoms with Crippen LogP contribution >= 0.6 is 0 Å². The Morgan fingerprint density at radius 3 is 2.31 bits per heavy atom. The Kier molecular flexibility index (Phi) is 6.15. The summed E-state index contributed by atoms with van der Waals surface area (Å²) in [5.41, 5.74) is 9.49. The maximum atomic E-state index is 14.0. The van der Waals surface area contributed by atoms with Crippen LogP contribution in [0.3, 0.4) is 0 Å². The Hall–Kier alpha value is -4.84. The van der Waals surface area contributed by atoms with E-state index in [2.05, 4.69) is 82.6 Å². The standard InChI is InChI=1S/C33H31N5O/c1-21-14-19-27(22(2)20-21)35-32(39)30-23(3)34-33-36-28-12-8-9-13-29(28)38(33)31(30)24-15-17-26(18-16-24)37(4)25-10-6-5-7-11-25/h5-20,31H,1-4H3,(H,34,36)(H,35,39)/t31-/m0/s1. The second-order valence-electron chi connectivity index (χ2n) is 10.1. The number of aromatic nitrogens is 2. The summed E-state index contributed by atoms with van der Waals surface area (Å²) in [4.78, 5) is 21.0. The minimum absolute atomic E-state index is 0.133. The summed E-state index contributed by atoms with van der Waals surface area (Å²) in [5.74, 6) is 0.595. The summed E-state index contributed by atoms with van der Waals surface area (Å²) < 4.78 is 2.13. The summed E-state index contributed by atoms with van der Waals surface area (Å²) in [7, 11) is 2.06. The van der Waals surface area contributed by atoms with Crippen LogP contribution in [0.15, 0.2) is 108 Å². The van der Waals surface area contributed by atoms with Gasteiger partial charge in [0.15, 0.2) is 0 Å². The highest BCUT2D eigenvalue weighted by Gasteiger charge is 2.34. The van der Waals surface area contributed by atoms with E-state index in [1.807, 2.05) is 62.4 Å². The number of nitrogens with one attached hydrogen (secondary N) is 2. The Labute approximate surface area is 228 Å². The maximum Gasteiger partial charge on any atom is 0.255 e. The molecule has 6 heteroatoms. The van der Waals surface area contributed by atoms with E-state index in [4.69, 9.17) is 4.98 Å². The number of hydrogen-bond acceptors (Lipinski definition) is 4. The second kappa shape index (κ2) is 9.80. The molecule has 6 rings (SSSR count). The third kappa shape index (κ3) is 4.44. The molecule has 0 saturated heterocycles. The number of hydrogen-bond donors (Lipinski definition) is 2. The van der Waals surface area contributed by atoms with Gasteiger partial charge in [0, 0.05) is 29.8 Å². The van der Waals surface area contributed by atoms with Gasteiger partial charge in [-0.3, -0.25) is 9.36 Å². The summed E-state index contributed by atoms with van der Waals surface area (Å²) in [5, 5.41) is 6.58. The van der Waals surface area contributed by atoms with E-state index in [0.717, 1.165) is 56.4 Å². The number of amides is 1. The molecule has 2 heterocycles. The van der Waals surface area contributed by atoms with E-state index in [-0.39, 0.29) is 11.9 Å². The van der Waals surface area contributed by atoms with Gasteiger partial charge in [0.2, 0.25) is 5.95 Å². The third-order valence-electron chi connectivity index (χ3n) is 7.45. The highest BCUT2D eigenvalue weighted by atomic mass is 16.1. The number of carbonyl (C=O) groups is 1. The Balaban J connectivity index is 1.44. The molecule has 1 aromatic heterocycles. The minimum atomic E-state index is -0.351. The van der Waals surface area contributed by atoms with E-state index in [1.165, 1.54) is 0 Å². The van der Waals surface area contributed by atoms with E-state index >= 15 is 0 Å². The van der Waals surface area contributed by atoms with E-state index in [1.54, 1.807) is 0 Å². The van der Waals surface area contributed by atoms with Crippen molar-refractivity contribution in [2.45, 2.75) is 26.8 Å². The van der Waals surface area contributed by atoms with E-state index in [9.17, 15) is 4.79 Å². The van der Waals surface area contributed by atoms with Crippen molar-refractivity contribution < 1.29 is 4.79 Å². The molecule has 2 N–H and O–H groups in total. The average molecular weight is 514 g/mol. The molecule has 0 spiro atoms. The lowest BCUT2D eigenvalue weighted by Crippen LogP contribution is -2.31. The molecule has 0 fully saturated rings. The maximum absolute atomic E-state index is 14.0. The molecular formula is C33H31N5O. The van der Waals surface area contributed by atoms with Crippen LogP contribution in [0.4, 0.5) is 23.0 Å². The van der Waals surface area contributed by atoms with Gasteiger partial charge in [-0.1, -0.05) is 60.2 Å². The zero-order valence-corrected chi connectivity index (χ0v) is 22.6. The number of allylic oxidation sites excluding steroid dienone is 1. The van der Waals surface area contributed by atoms with Gasteiger partial charge in [0.25, 0.3) is 5.91 Å². The summed E-state index contributed by atoms with van der Waals surface area (Å²) in [6.07, 6.45) is 0. The average Bonchev–Trinajstić information content (AvgIpc) is 3.31. The van der Waals surface area contributed by atoms with Crippen LogP contribution in [0.25, 0.3) is 11.0 Å². The number of fused-ring (bicyclic) bond motifs is 3. The van der Waals surface area contributed by atoms with Crippen LogP contribution < -0.4 is 15.5 Å².